The Kier molecular flexibility index (Phi) is 4.97. The number of hydrogen-bond acceptors (Lipinski definition) is 3. The number of piperazine rings is 1. The normalized spacial score (nSPS) is 19.2. The first-order valence-electron chi connectivity index (χ1n) is 6.80. The molecule has 0 aliphatic carbocycles. The van der Waals surface area contributed by atoms with Gasteiger partial charge < -0.3 is 20.2 Å². The van der Waals surface area contributed by atoms with E-state index in [2.05, 4.69) is 5.32 Å². The summed E-state index contributed by atoms with van der Waals surface area (Å²) >= 11 is 0. The summed E-state index contributed by atoms with van der Waals surface area (Å²) in [6.45, 7) is 7.42. The van der Waals surface area contributed by atoms with Crippen molar-refractivity contribution in [3.05, 3.63) is 0 Å². The molecule has 0 aromatic carbocycles. The average Bonchev–Trinajstić information content (AvgIpc) is 2.37. The van der Waals surface area contributed by atoms with Gasteiger partial charge in [-0.1, -0.05) is 6.92 Å². The summed E-state index contributed by atoms with van der Waals surface area (Å²) in [5, 5.41) is 11.7. The van der Waals surface area contributed by atoms with E-state index in [-0.39, 0.29) is 18.5 Å². The first kappa shape index (κ1) is 16.3. The first-order valence-corrected chi connectivity index (χ1v) is 6.80. The van der Waals surface area contributed by atoms with Crippen LogP contribution in [0.15, 0.2) is 0 Å². The van der Waals surface area contributed by atoms with E-state index in [4.69, 9.17) is 5.11 Å². The van der Waals surface area contributed by atoms with Gasteiger partial charge in [0.1, 0.15) is 12.1 Å². The molecule has 1 fully saturated rings. The Morgan fingerprint density at radius 2 is 2.10 bits per heavy atom. The zero-order chi connectivity index (χ0) is 15.5. The van der Waals surface area contributed by atoms with Gasteiger partial charge in [-0.25, -0.2) is 4.79 Å². The van der Waals surface area contributed by atoms with E-state index in [9.17, 15) is 14.4 Å². The Balaban J connectivity index is 2.98. The third-order valence-corrected chi connectivity index (χ3v) is 3.76. The smallest absolute Gasteiger partial charge is 0.323 e. The highest BCUT2D eigenvalue weighted by Crippen LogP contribution is 2.21. The van der Waals surface area contributed by atoms with Gasteiger partial charge in [0.05, 0.1) is 0 Å². The molecule has 1 aliphatic rings. The minimum absolute atomic E-state index is 0.195. The number of urea groups is 1. The van der Waals surface area contributed by atoms with Crippen LogP contribution in [-0.4, -0.2) is 64.0 Å². The molecule has 7 nitrogen and oxygen atoms in total. The van der Waals surface area contributed by atoms with Crippen molar-refractivity contribution in [1.82, 2.24) is 15.1 Å². The van der Waals surface area contributed by atoms with Crippen LogP contribution in [0.1, 0.15) is 34.1 Å². The number of hydrogen-bond donors (Lipinski definition) is 2. The quantitative estimate of drug-likeness (QED) is 0.787. The summed E-state index contributed by atoms with van der Waals surface area (Å²) < 4.78 is 0. The van der Waals surface area contributed by atoms with E-state index in [1.54, 1.807) is 20.8 Å². The lowest BCUT2D eigenvalue weighted by Gasteiger charge is -2.44. The monoisotopic (exact) mass is 285 g/mol. The standard InChI is InChI=1S/C13H23N3O4/c1-5-9(2)15(8-10(17)18)12(20)16-7-6-14-11(19)13(16,3)4/h9H,5-8H2,1-4H3,(H,14,19)(H,17,18). The van der Waals surface area contributed by atoms with Crippen LogP contribution in [0, 0.1) is 0 Å². The zero-order valence-electron chi connectivity index (χ0n) is 12.5. The Morgan fingerprint density at radius 1 is 1.50 bits per heavy atom. The molecule has 1 aliphatic heterocycles. The molecule has 114 valence electrons. The van der Waals surface area contributed by atoms with E-state index in [1.165, 1.54) is 9.80 Å². The van der Waals surface area contributed by atoms with Gasteiger partial charge in [0.25, 0.3) is 0 Å². The number of carbonyl (C=O) groups is 3. The molecule has 20 heavy (non-hydrogen) atoms. The van der Waals surface area contributed by atoms with E-state index in [1.807, 2.05) is 6.92 Å². The van der Waals surface area contributed by atoms with E-state index < -0.39 is 17.5 Å². The van der Waals surface area contributed by atoms with Crippen LogP contribution in [0.25, 0.3) is 0 Å². The third kappa shape index (κ3) is 3.20. The number of carbonyl (C=O) groups excluding carboxylic acids is 2. The molecule has 1 rings (SSSR count). The van der Waals surface area contributed by atoms with Crippen molar-refractivity contribution < 1.29 is 19.5 Å². The van der Waals surface area contributed by atoms with E-state index in [0.717, 1.165) is 0 Å². The number of aliphatic carboxylic acids is 1. The van der Waals surface area contributed by atoms with E-state index in [0.29, 0.717) is 19.5 Å². The lowest BCUT2D eigenvalue weighted by atomic mass is 9.99. The maximum absolute atomic E-state index is 12.6. The van der Waals surface area contributed by atoms with Crippen LogP contribution in [0.4, 0.5) is 4.79 Å². The number of nitrogens with one attached hydrogen (secondary N) is 1. The van der Waals surface area contributed by atoms with Gasteiger partial charge in [-0.2, -0.15) is 0 Å². The zero-order valence-corrected chi connectivity index (χ0v) is 12.5. The molecule has 1 heterocycles. The highest BCUT2D eigenvalue weighted by molar-refractivity contribution is 5.92. The fourth-order valence-corrected chi connectivity index (χ4v) is 2.17. The van der Waals surface area contributed by atoms with Gasteiger partial charge in [0.2, 0.25) is 5.91 Å². The SMILES string of the molecule is CCC(C)N(CC(=O)O)C(=O)N1CCNC(=O)C1(C)C. The molecule has 0 saturated carbocycles. The summed E-state index contributed by atoms with van der Waals surface area (Å²) in [5.41, 5.74) is -0.973. The third-order valence-electron chi connectivity index (χ3n) is 3.76. The minimum Gasteiger partial charge on any atom is -0.480 e. The second-order valence-corrected chi connectivity index (χ2v) is 5.53. The number of carboxylic acids is 1. The second-order valence-electron chi connectivity index (χ2n) is 5.53. The summed E-state index contributed by atoms with van der Waals surface area (Å²) in [5.74, 6) is -1.28. The fraction of sp³-hybridized carbons (Fsp3) is 0.769. The Morgan fingerprint density at radius 3 is 2.60 bits per heavy atom. The van der Waals surface area contributed by atoms with Gasteiger partial charge in [0.15, 0.2) is 0 Å². The molecule has 1 atom stereocenters. The van der Waals surface area contributed by atoms with Crippen LogP contribution in [-0.2, 0) is 9.59 Å². The van der Waals surface area contributed by atoms with Gasteiger partial charge in [-0.3, -0.25) is 9.59 Å². The van der Waals surface area contributed by atoms with Gasteiger partial charge in [0, 0.05) is 19.1 Å². The lowest BCUT2D eigenvalue weighted by Crippen LogP contribution is -2.66. The van der Waals surface area contributed by atoms with Gasteiger partial charge in [-0.15, -0.1) is 0 Å². The maximum Gasteiger partial charge on any atom is 0.323 e. The molecule has 0 radical (unpaired) electrons. The summed E-state index contributed by atoms with van der Waals surface area (Å²) in [4.78, 5) is 38.2. The van der Waals surface area contributed by atoms with Crippen molar-refractivity contribution in [2.24, 2.45) is 0 Å². The summed E-state index contributed by atoms with van der Waals surface area (Å²) in [7, 11) is 0. The average molecular weight is 285 g/mol. The van der Waals surface area contributed by atoms with Crippen molar-refractivity contribution in [2.45, 2.75) is 45.7 Å². The Labute approximate surface area is 118 Å². The molecule has 0 spiro atoms. The lowest BCUT2D eigenvalue weighted by molar-refractivity contribution is -0.138. The molecule has 0 bridgehead atoms. The van der Waals surface area contributed by atoms with E-state index >= 15 is 0 Å². The molecule has 3 amide bonds. The Bertz CT molecular complexity index is 408. The minimum atomic E-state index is -1.06. The van der Waals surface area contributed by atoms with Crippen molar-refractivity contribution >= 4 is 17.9 Å². The van der Waals surface area contributed by atoms with Crippen molar-refractivity contribution in [1.29, 1.82) is 0 Å². The molecule has 7 heteroatoms. The predicted octanol–water partition coefficient (Wildman–Crippen LogP) is 0.502. The first-order chi connectivity index (χ1) is 9.21. The highest BCUT2D eigenvalue weighted by atomic mass is 16.4. The topological polar surface area (TPSA) is 90.0 Å². The van der Waals surface area contributed by atoms with Gasteiger partial charge in [-0.05, 0) is 27.2 Å². The Hall–Kier alpha value is -1.79. The van der Waals surface area contributed by atoms with Crippen LogP contribution < -0.4 is 5.32 Å². The van der Waals surface area contributed by atoms with Crippen LogP contribution >= 0.6 is 0 Å². The molecule has 2 N–H and O–H groups in total. The summed E-state index contributed by atoms with van der Waals surface area (Å²) in [6.07, 6.45) is 0.652. The van der Waals surface area contributed by atoms with Crippen LogP contribution in [0.5, 0.6) is 0 Å². The second kappa shape index (κ2) is 6.11. The number of amides is 3. The molecular weight excluding hydrogens is 262 g/mol. The maximum atomic E-state index is 12.6. The van der Waals surface area contributed by atoms with Crippen LogP contribution in [0.3, 0.4) is 0 Å². The van der Waals surface area contributed by atoms with Gasteiger partial charge >= 0.3 is 12.0 Å². The number of rotatable bonds is 4. The predicted molar refractivity (Wildman–Crippen MR) is 73.3 cm³/mol. The molecular formula is C13H23N3O4. The fourth-order valence-electron chi connectivity index (χ4n) is 2.17. The molecule has 1 saturated heterocycles. The summed E-state index contributed by atoms with van der Waals surface area (Å²) in [6, 6.07) is -0.596. The van der Waals surface area contributed by atoms with Crippen LogP contribution in [0.2, 0.25) is 0 Å². The number of nitrogens with zero attached hydrogens (tertiary/aromatic N) is 2. The number of carboxylic acid groups (broad SMARTS) is 1. The largest absolute Gasteiger partial charge is 0.480 e. The highest BCUT2D eigenvalue weighted by Gasteiger charge is 2.42. The van der Waals surface area contributed by atoms with Crippen molar-refractivity contribution in [3.63, 3.8) is 0 Å². The molecule has 0 aromatic heterocycles. The molecule has 1 unspecified atom stereocenters. The van der Waals surface area contributed by atoms with Crippen molar-refractivity contribution in [3.8, 4) is 0 Å². The van der Waals surface area contributed by atoms with Crippen molar-refractivity contribution in [2.75, 3.05) is 19.6 Å². The molecule has 0 aromatic rings.